The van der Waals surface area contributed by atoms with Gasteiger partial charge in [-0.2, -0.15) is 0 Å². The molecule has 26 heavy (non-hydrogen) atoms. The molecule has 0 atom stereocenters. The number of amides is 1. The van der Waals surface area contributed by atoms with E-state index in [4.69, 9.17) is 4.74 Å². The van der Waals surface area contributed by atoms with Crippen molar-refractivity contribution in [1.82, 2.24) is 5.32 Å². The first-order valence-corrected chi connectivity index (χ1v) is 10.2. The average molecular weight is 370 g/mol. The summed E-state index contributed by atoms with van der Waals surface area (Å²) >= 11 is 1.86. The van der Waals surface area contributed by atoms with Gasteiger partial charge in [0.2, 0.25) is 0 Å². The summed E-state index contributed by atoms with van der Waals surface area (Å²) in [7, 11) is 0. The molecule has 0 bridgehead atoms. The van der Waals surface area contributed by atoms with Crippen molar-refractivity contribution in [2.45, 2.75) is 42.2 Å². The molecule has 0 spiro atoms. The Labute approximate surface area is 160 Å². The van der Waals surface area contributed by atoms with Crippen LogP contribution in [0.25, 0.3) is 0 Å². The van der Waals surface area contributed by atoms with E-state index in [1.165, 1.54) is 10.5 Å². The number of carbonyl (C=O) groups is 1. The first kappa shape index (κ1) is 19.0. The van der Waals surface area contributed by atoms with Gasteiger partial charge in [0.25, 0.3) is 5.91 Å². The van der Waals surface area contributed by atoms with Crippen LogP contribution in [0.4, 0.5) is 0 Å². The lowest BCUT2D eigenvalue weighted by molar-refractivity contribution is 0.0741. The Morgan fingerprint density at radius 3 is 2.42 bits per heavy atom. The first-order chi connectivity index (χ1) is 12.7. The number of aryl methyl sites for hydroxylation is 1. The van der Waals surface area contributed by atoms with Crippen LogP contribution in [0.3, 0.4) is 0 Å². The Hall–Kier alpha value is -1.78. The summed E-state index contributed by atoms with van der Waals surface area (Å²) in [5.41, 5.74) is 2.02. The van der Waals surface area contributed by atoms with E-state index in [0.29, 0.717) is 6.54 Å². The number of thioether (sulfide) groups is 1. The van der Waals surface area contributed by atoms with Gasteiger partial charge in [-0.1, -0.05) is 43.7 Å². The number of nitrogens with one attached hydrogen (secondary N) is 1. The molecule has 0 aliphatic carbocycles. The minimum atomic E-state index is -0.00256. The zero-order valence-corrected chi connectivity index (χ0v) is 16.2. The lowest BCUT2D eigenvalue weighted by Gasteiger charge is -2.36. The SMILES string of the molecule is CCCc1ccc(C(=O)NCC2(Sc3ccccc3)CCOCC2)cc1. The topological polar surface area (TPSA) is 38.3 Å². The highest BCUT2D eigenvalue weighted by Gasteiger charge is 2.34. The maximum absolute atomic E-state index is 12.6. The van der Waals surface area contributed by atoms with Crippen molar-refractivity contribution >= 4 is 17.7 Å². The monoisotopic (exact) mass is 369 g/mol. The third-order valence-corrected chi connectivity index (χ3v) is 6.30. The molecule has 0 unspecified atom stereocenters. The molecule has 2 aromatic carbocycles. The maximum atomic E-state index is 12.6. The van der Waals surface area contributed by atoms with E-state index in [-0.39, 0.29) is 10.7 Å². The highest BCUT2D eigenvalue weighted by Crippen LogP contribution is 2.40. The molecular formula is C22H27NO2S. The average Bonchev–Trinajstić information content (AvgIpc) is 2.69. The van der Waals surface area contributed by atoms with Crippen LogP contribution in [-0.2, 0) is 11.2 Å². The third-order valence-electron chi connectivity index (χ3n) is 4.81. The highest BCUT2D eigenvalue weighted by atomic mass is 32.2. The predicted molar refractivity (Wildman–Crippen MR) is 108 cm³/mol. The van der Waals surface area contributed by atoms with Gasteiger partial charge in [-0.15, -0.1) is 11.8 Å². The zero-order chi connectivity index (χ0) is 18.2. The summed E-state index contributed by atoms with van der Waals surface area (Å²) < 4.78 is 5.56. The van der Waals surface area contributed by atoms with E-state index < -0.39 is 0 Å². The summed E-state index contributed by atoms with van der Waals surface area (Å²) in [4.78, 5) is 13.8. The van der Waals surface area contributed by atoms with Crippen molar-refractivity contribution < 1.29 is 9.53 Å². The normalized spacial score (nSPS) is 16.2. The van der Waals surface area contributed by atoms with E-state index in [0.717, 1.165) is 44.5 Å². The van der Waals surface area contributed by atoms with Gasteiger partial charge in [0.15, 0.2) is 0 Å². The van der Waals surface area contributed by atoms with Crippen LogP contribution in [0.15, 0.2) is 59.5 Å². The van der Waals surface area contributed by atoms with Crippen molar-refractivity contribution in [1.29, 1.82) is 0 Å². The van der Waals surface area contributed by atoms with Gasteiger partial charge >= 0.3 is 0 Å². The van der Waals surface area contributed by atoms with Gasteiger partial charge in [0, 0.05) is 35.0 Å². The van der Waals surface area contributed by atoms with Gasteiger partial charge in [-0.25, -0.2) is 0 Å². The fourth-order valence-electron chi connectivity index (χ4n) is 3.25. The Morgan fingerprint density at radius 2 is 1.77 bits per heavy atom. The minimum absolute atomic E-state index is 0.00256. The summed E-state index contributed by atoms with van der Waals surface area (Å²) in [6.07, 6.45) is 4.07. The van der Waals surface area contributed by atoms with Crippen LogP contribution in [0.2, 0.25) is 0 Å². The smallest absolute Gasteiger partial charge is 0.251 e. The largest absolute Gasteiger partial charge is 0.381 e. The Kier molecular flexibility index (Phi) is 6.75. The molecule has 1 N–H and O–H groups in total. The first-order valence-electron chi connectivity index (χ1n) is 9.40. The lowest BCUT2D eigenvalue weighted by Crippen LogP contribution is -2.44. The molecule has 3 nitrogen and oxygen atoms in total. The summed E-state index contributed by atoms with van der Waals surface area (Å²) in [5, 5.41) is 3.17. The van der Waals surface area contributed by atoms with E-state index in [1.54, 1.807) is 0 Å². The molecule has 4 heteroatoms. The molecule has 1 amide bonds. The van der Waals surface area contributed by atoms with Crippen LogP contribution in [0, 0.1) is 0 Å². The second-order valence-corrected chi connectivity index (χ2v) is 8.38. The molecule has 1 saturated heterocycles. The van der Waals surface area contributed by atoms with Crippen LogP contribution < -0.4 is 5.32 Å². The van der Waals surface area contributed by atoms with Crippen molar-refractivity contribution in [2.24, 2.45) is 0 Å². The maximum Gasteiger partial charge on any atom is 0.251 e. The van der Waals surface area contributed by atoms with E-state index in [2.05, 4.69) is 48.6 Å². The molecule has 2 aromatic rings. The second kappa shape index (κ2) is 9.24. The number of ether oxygens (including phenoxy) is 1. The van der Waals surface area contributed by atoms with Gasteiger partial charge < -0.3 is 10.1 Å². The predicted octanol–water partition coefficient (Wildman–Crippen LogP) is 4.71. The zero-order valence-electron chi connectivity index (χ0n) is 15.4. The lowest BCUT2D eigenvalue weighted by atomic mass is 9.98. The van der Waals surface area contributed by atoms with Gasteiger partial charge in [-0.05, 0) is 49.1 Å². The van der Waals surface area contributed by atoms with Gasteiger partial charge in [-0.3, -0.25) is 4.79 Å². The quantitative estimate of drug-likeness (QED) is 0.768. The third kappa shape index (κ3) is 5.12. The van der Waals surface area contributed by atoms with E-state index in [9.17, 15) is 4.79 Å². The second-order valence-electron chi connectivity index (χ2n) is 6.84. The van der Waals surface area contributed by atoms with Crippen LogP contribution >= 0.6 is 11.8 Å². The number of rotatable bonds is 7. The standard InChI is InChI=1S/C22H27NO2S/c1-2-6-18-9-11-19(12-10-18)21(24)23-17-22(13-15-25-16-14-22)26-20-7-4-3-5-8-20/h3-5,7-12H,2,6,13-17H2,1H3,(H,23,24). The number of hydrogen-bond acceptors (Lipinski definition) is 3. The van der Waals surface area contributed by atoms with Crippen molar-refractivity contribution in [3.8, 4) is 0 Å². The molecule has 0 radical (unpaired) electrons. The molecule has 0 saturated carbocycles. The van der Waals surface area contributed by atoms with Crippen LogP contribution in [0.1, 0.15) is 42.1 Å². The summed E-state index contributed by atoms with van der Waals surface area (Å²) in [6, 6.07) is 18.4. The van der Waals surface area contributed by atoms with Crippen molar-refractivity contribution in [2.75, 3.05) is 19.8 Å². The number of carbonyl (C=O) groups excluding carboxylic acids is 1. The minimum Gasteiger partial charge on any atom is -0.381 e. The number of benzene rings is 2. The van der Waals surface area contributed by atoms with E-state index >= 15 is 0 Å². The highest BCUT2D eigenvalue weighted by molar-refractivity contribution is 8.00. The van der Waals surface area contributed by atoms with Gasteiger partial charge in [0.1, 0.15) is 0 Å². The molecule has 3 rings (SSSR count). The molecule has 1 aliphatic heterocycles. The Balaban J connectivity index is 1.64. The molecule has 1 aliphatic rings. The molecular weight excluding hydrogens is 342 g/mol. The van der Waals surface area contributed by atoms with Crippen LogP contribution in [0.5, 0.6) is 0 Å². The Morgan fingerprint density at radius 1 is 1.08 bits per heavy atom. The molecule has 138 valence electrons. The van der Waals surface area contributed by atoms with Crippen LogP contribution in [-0.4, -0.2) is 30.4 Å². The summed E-state index contributed by atoms with van der Waals surface area (Å²) in [6.45, 7) is 4.33. The summed E-state index contributed by atoms with van der Waals surface area (Å²) in [5.74, 6) is 0.00702. The van der Waals surface area contributed by atoms with Gasteiger partial charge in [0.05, 0.1) is 0 Å². The molecule has 1 fully saturated rings. The fourth-order valence-corrected chi connectivity index (χ4v) is 4.56. The Bertz CT molecular complexity index is 694. The molecule has 0 aromatic heterocycles. The van der Waals surface area contributed by atoms with Crippen molar-refractivity contribution in [3.05, 3.63) is 65.7 Å². The van der Waals surface area contributed by atoms with Crippen molar-refractivity contribution in [3.63, 3.8) is 0 Å². The number of hydrogen-bond donors (Lipinski definition) is 1. The van der Waals surface area contributed by atoms with E-state index in [1.807, 2.05) is 30.0 Å². The molecule has 1 heterocycles. The fraction of sp³-hybridized carbons (Fsp3) is 0.409.